The minimum atomic E-state index is -1.23. The highest BCUT2D eigenvalue weighted by molar-refractivity contribution is 7.99. The Morgan fingerprint density at radius 2 is 2.09 bits per heavy atom. The first-order valence-corrected chi connectivity index (χ1v) is 13.0. The molecule has 0 amide bonds. The van der Waals surface area contributed by atoms with Crippen LogP contribution in [-0.4, -0.2) is 59.1 Å². The summed E-state index contributed by atoms with van der Waals surface area (Å²) in [4.78, 5) is 12.1. The Morgan fingerprint density at radius 3 is 2.79 bits per heavy atom. The number of nitrogens with zero attached hydrogens (tertiary/aromatic N) is 3. The highest BCUT2D eigenvalue weighted by atomic mass is 35.5. The maximum Gasteiger partial charge on any atom is 0.127 e. The lowest BCUT2D eigenvalue weighted by molar-refractivity contribution is 0.0323. The molecule has 0 radical (unpaired) electrons. The highest BCUT2D eigenvalue weighted by Gasteiger charge is 2.35. The normalized spacial score (nSPS) is 17.1. The van der Waals surface area contributed by atoms with E-state index in [2.05, 4.69) is 20.9 Å². The fraction of sp³-hybridized carbons (Fsp3) is 0.462. The largest absolute Gasteiger partial charge is 0.497 e. The maximum atomic E-state index is 15.6. The number of pyridine rings is 2. The average Bonchev–Trinajstić information content (AvgIpc) is 2.88. The van der Waals surface area contributed by atoms with E-state index < -0.39 is 6.17 Å². The smallest absolute Gasteiger partial charge is 0.127 e. The van der Waals surface area contributed by atoms with Gasteiger partial charge in [0.2, 0.25) is 0 Å². The Balaban J connectivity index is 1.34. The van der Waals surface area contributed by atoms with Crippen molar-refractivity contribution in [1.29, 1.82) is 0 Å². The van der Waals surface area contributed by atoms with E-state index >= 15 is 4.39 Å². The Morgan fingerprint density at radius 1 is 1.26 bits per heavy atom. The number of halogens is 2. The molecule has 1 N–H and O–H groups in total. The summed E-state index contributed by atoms with van der Waals surface area (Å²) in [6.07, 6.45) is 6.62. The zero-order valence-electron chi connectivity index (χ0n) is 19.4. The molecule has 2 aromatic heterocycles. The quantitative estimate of drug-likeness (QED) is 0.345. The lowest BCUT2D eigenvalue weighted by Gasteiger charge is -2.41. The molecule has 0 bridgehead atoms. The number of benzene rings is 1. The minimum absolute atomic E-state index is 0.0800. The Kier molecular flexibility index (Phi) is 8.64. The van der Waals surface area contributed by atoms with Gasteiger partial charge in [0.15, 0.2) is 0 Å². The molecule has 3 heterocycles. The third kappa shape index (κ3) is 6.00. The number of aromatic nitrogens is 2. The molecule has 1 saturated heterocycles. The van der Waals surface area contributed by atoms with E-state index in [9.17, 15) is 5.11 Å². The summed E-state index contributed by atoms with van der Waals surface area (Å²) >= 11 is 8.20. The van der Waals surface area contributed by atoms with Crippen molar-refractivity contribution in [2.75, 3.05) is 39.1 Å². The lowest BCUT2D eigenvalue weighted by Crippen LogP contribution is -2.42. The second-order valence-corrected chi connectivity index (χ2v) is 10.5. The van der Waals surface area contributed by atoms with E-state index in [0.717, 1.165) is 38.2 Å². The number of likely N-dealkylation sites (tertiary alicyclic amines) is 1. The number of hydrogen-bond acceptors (Lipinski definition) is 6. The molecule has 1 atom stereocenters. The van der Waals surface area contributed by atoms with Crippen molar-refractivity contribution in [2.45, 2.75) is 36.8 Å². The maximum absolute atomic E-state index is 15.6. The molecule has 3 aromatic rings. The Labute approximate surface area is 209 Å². The number of thioether (sulfide) groups is 1. The summed E-state index contributed by atoms with van der Waals surface area (Å²) in [5.41, 5.74) is 0.908. The number of hydrogen-bond donors (Lipinski definition) is 1. The van der Waals surface area contributed by atoms with Crippen molar-refractivity contribution in [3.05, 3.63) is 59.5 Å². The van der Waals surface area contributed by atoms with E-state index in [0.29, 0.717) is 40.1 Å². The first kappa shape index (κ1) is 25.2. The molecule has 0 spiro atoms. The van der Waals surface area contributed by atoms with Gasteiger partial charge >= 0.3 is 0 Å². The topological polar surface area (TPSA) is 58.5 Å². The van der Waals surface area contributed by atoms with Gasteiger partial charge in [-0.25, -0.2) is 4.39 Å². The van der Waals surface area contributed by atoms with E-state index in [1.807, 2.05) is 24.4 Å². The van der Waals surface area contributed by atoms with Crippen LogP contribution >= 0.6 is 23.4 Å². The standard InChI is InChI=1S/C26H31ClFN3O2S/c1-33-19-4-5-24-21(15-19)25(22(27)17-30-24)23(28)6-7-26(18-32)8-11-31(12-9-26)13-14-34-20-3-2-10-29-16-20/h2-5,10,15-17,23,32H,6-9,11-14,18H2,1H3/t23-/m1/s1. The summed E-state index contributed by atoms with van der Waals surface area (Å²) in [6, 6.07) is 9.45. The van der Waals surface area contributed by atoms with Crippen LogP contribution in [-0.2, 0) is 0 Å². The van der Waals surface area contributed by atoms with Crippen molar-refractivity contribution in [3.8, 4) is 5.75 Å². The number of ether oxygens (including phenoxy) is 1. The van der Waals surface area contributed by atoms with Crippen LogP contribution in [0.1, 0.15) is 37.4 Å². The average molecular weight is 504 g/mol. The van der Waals surface area contributed by atoms with Crippen LogP contribution in [0.4, 0.5) is 4.39 Å². The van der Waals surface area contributed by atoms with Crippen LogP contribution in [0.5, 0.6) is 5.75 Å². The van der Waals surface area contributed by atoms with E-state index in [1.165, 1.54) is 11.1 Å². The van der Waals surface area contributed by atoms with Gasteiger partial charge in [0.05, 0.1) is 17.6 Å². The lowest BCUT2D eigenvalue weighted by atomic mass is 9.74. The number of methoxy groups -OCH3 is 1. The molecular formula is C26H31ClFN3O2S. The fourth-order valence-corrected chi connectivity index (χ4v) is 5.82. The molecule has 1 aromatic carbocycles. The molecule has 34 heavy (non-hydrogen) atoms. The second-order valence-electron chi connectivity index (χ2n) is 8.95. The number of aliphatic hydroxyl groups excluding tert-OH is 1. The fourth-order valence-electron chi connectivity index (χ4n) is 4.65. The molecule has 1 fully saturated rings. The first-order valence-electron chi connectivity index (χ1n) is 11.7. The number of rotatable bonds is 10. The number of piperidine rings is 1. The minimum Gasteiger partial charge on any atom is -0.497 e. The zero-order chi connectivity index (χ0) is 24.0. The predicted octanol–water partition coefficient (Wildman–Crippen LogP) is 5.95. The number of fused-ring (bicyclic) bond motifs is 1. The van der Waals surface area contributed by atoms with E-state index in [-0.39, 0.29) is 12.0 Å². The van der Waals surface area contributed by atoms with Gasteiger partial charge in [0.1, 0.15) is 11.9 Å². The molecule has 0 aliphatic carbocycles. The van der Waals surface area contributed by atoms with Gasteiger partial charge in [0.25, 0.3) is 0 Å². The number of aliphatic hydroxyl groups is 1. The van der Waals surface area contributed by atoms with Gasteiger partial charge in [-0.05, 0) is 74.5 Å². The Hall–Kier alpha value is -1.93. The van der Waals surface area contributed by atoms with Gasteiger partial charge in [-0.3, -0.25) is 9.97 Å². The van der Waals surface area contributed by atoms with Crippen molar-refractivity contribution in [1.82, 2.24) is 14.9 Å². The second kappa shape index (κ2) is 11.7. The van der Waals surface area contributed by atoms with Crippen molar-refractivity contribution in [2.24, 2.45) is 5.41 Å². The van der Waals surface area contributed by atoms with Crippen LogP contribution in [0, 0.1) is 5.41 Å². The molecule has 182 valence electrons. The summed E-state index contributed by atoms with van der Waals surface area (Å²) in [5.74, 6) is 1.65. The molecule has 0 saturated carbocycles. The van der Waals surface area contributed by atoms with Crippen molar-refractivity contribution >= 4 is 34.3 Å². The van der Waals surface area contributed by atoms with Gasteiger partial charge in [-0.1, -0.05) is 11.6 Å². The Bertz CT molecular complexity index is 1080. The van der Waals surface area contributed by atoms with Crippen molar-refractivity contribution < 1.29 is 14.2 Å². The zero-order valence-corrected chi connectivity index (χ0v) is 21.0. The van der Waals surface area contributed by atoms with E-state index in [4.69, 9.17) is 16.3 Å². The highest BCUT2D eigenvalue weighted by Crippen LogP contribution is 2.42. The monoisotopic (exact) mass is 503 g/mol. The van der Waals surface area contributed by atoms with Crippen LogP contribution in [0.3, 0.4) is 0 Å². The molecule has 5 nitrogen and oxygen atoms in total. The van der Waals surface area contributed by atoms with Crippen LogP contribution < -0.4 is 4.74 Å². The summed E-state index contributed by atoms with van der Waals surface area (Å²) in [7, 11) is 1.58. The van der Waals surface area contributed by atoms with Gasteiger partial charge < -0.3 is 14.7 Å². The summed E-state index contributed by atoms with van der Waals surface area (Å²) in [6.45, 7) is 2.91. The molecule has 1 aliphatic rings. The van der Waals surface area contributed by atoms with Crippen molar-refractivity contribution in [3.63, 3.8) is 0 Å². The van der Waals surface area contributed by atoms with Gasteiger partial charge in [0, 0.05) is 53.3 Å². The molecule has 1 aliphatic heterocycles. The summed E-state index contributed by atoms with van der Waals surface area (Å²) < 4.78 is 20.9. The van der Waals surface area contributed by atoms with E-state index in [1.54, 1.807) is 31.1 Å². The number of alkyl halides is 1. The molecular weight excluding hydrogens is 473 g/mol. The van der Waals surface area contributed by atoms with Gasteiger partial charge in [-0.2, -0.15) is 0 Å². The van der Waals surface area contributed by atoms with Crippen LogP contribution in [0.2, 0.25) is 5.02 Å². The van der Waals surface area contributed by atoms with Gasteiger partial charge in [-0.15, -0.1) is 11.8 Å². The third-order valence-electron chi connectivity index (χ3n) is 6.87. The van der Waals surface area contributed by atoms with Crippen LogP contribution in [0.15, 0.2) is 53.8 Å². The predicted molar refractivity (Wildman–Crippen MR) is 137 cm³/mol. The molecule has 4 rings (SSSR count). The SMILES string of the molecule is COc1ccc2ncc(Cl)c([C@H](F)CCC3(CO)CCN(CCSc4cccnc4)CC3)c2c1. The first-order chi connectivity index (χ1) is 16.5. The third-order valence-corrected chi connectivity index (χ3v) is 8.14. The van der Waals surface area contributed by atoms with Crippen LogP contribution in [0.25, 0.3) is 10.9 Å². The summed E-state index contributed by atoms with van der Waals surface area (Å²) in [5, 5.41) is 11.2. The molecule has 8 heteroatoms. The molecule has 0 unspecified atom stereocenters.